The number of hydrogen-bond acceptors (Lipinski definition) is 4. The van der Waals surface area contributed by atoms with Crippen molar-refractivity contribution < 1.29 is 4.74 Å². The number of ether oxygens (including phenoxy) is 1. The van der Waals surface area contributed by atoms with Gasteiger partial charge in [-0.15, -0.1) is 11.3 Å². The molecule has 0 amide bonds. The molecule has 17 heavy (non-hydrogen) atoms. The van der Waals surface area contributed by atoms with Gasteiger partial charge in [-0.25, -0.2) is 0 Å². The third kappa shape index (κ3) is 4.34. The van der Waals surface area contributed by atoms with Crippen molar-refractivity contribution in [2.75, 3.05) is 6.61 Å². The number of hydrogen-bond donors (Lipinski definition) is 2. The molecule has 0 aliphatic heterocycles. The number of hydrazine groups is 1. The molecule has 5 heteroatoms. The first kappa shape index (κ1) is 15.1. The van der Waals surface area contributed by atoms with Crippen LogP contribution in [0.5, 0.6) is 0 Å². The minimum atomic E-state index is 0.138. The van der Waals surface area contributed by atoms with E-state index in [-0.39, 0.29) is 12.1 Å². The van der Waals surface area contributed by atoms with Crippen molar-refractivity contribution in [1.29, 1.82) is 0 Å². The lowest BCUT2D eigenvalue weighted by atomic mass is 9.97. The van der Waals surface area contributed by atoms with E-state index in [1.807, 2.05) is 6.92 Å². The van der Waals surface area contributed by atoms with E-state index >= 15 is 0 Å². The van der Waals surface area contributed by atoms with E-state index in [1.165, 1.54) is 4.88 Å². The van der Waals surface area contributed by atoms with Crippen molar-refractivity contribution in [3.05, 3.63) is 20.8 Å². The van der Waals surface area contributed by atoms with Gasteiger partial charge in [0.25, 0.3) is 0 Å². The summed E-state index contributed by atoms with van der Waals surface area (Å²) in [6.45, 7) is 7.05. The molecule has 0 fully saturated rings. The number of nitrogens with two attached hydrogens (primary N) is 1. The van der Waals surface area contributed by atoms with E-state index in [9.17, 15) is 0 Å². The van der Waals surface area contributed by atoms with Gasteiger partial charge in [0.05, 0.1) is 12.1 Å². The molecule has 2 unspecified atom stereocenters. The van der Waals surface area contributed by atoms with E-state index in [2.05, 4.69) is 46.6 Å². The fraction of sp³-hybridized carbons (Fsp3) is 0.667. The smallest absolute Gasteiger partial charge is 0.0767 e. The number of halogens is 1. The monoisotopic (exact) mass is 320 g/mol. The number of nitrogens with one attached hydrogen (secondary N) is 1. The molecular formula is C12H21BrN2OS. The Morgan fingerprint density at radius 1 is 1.53 bits per heavy atom. The topological polar surface area (TPSA) is 47.3 Å². The summed E-state index contributed by atoms with van der Waals surface area (Å²) in [6.07, 6.45) is 1.02. The molecule has 3 nitrogen and oxygen atoms in total. The van der Waals surface area contributed by atoms with Crippen LogP contribution in [0.25, 0.3) is 0 Å². The van der Waals surface area contributed by atoms with Gasteiger partial charge in [-0.1, -0.05) is 13.8 Å². The van der Waals surface area contributed by atoms with Gasteiger partial charge in [0.2, 0.25) is 0 Å². The summed E-state index contributed by atoms with van der Waals surface area (Å²) >= 11 is 5.29. The van der Waals surface area contributed by atoms with Gasteiger partial charge in [-0.3, -0.25) is 11.3 Å². The molecule has 0 saturated heterocycles. The minimum Gasteiger partial charge on any atom is -0.377 e. The fourth-order valence-corrected chi connectivity index (χ4v) is 3.48. The summed E-state index contributed by atoms with van der Waals surface area (Å²) in [5.74, 6) is 6.11. The number of thiophene rings is 1. The molecule has 3 N–H and O–H groups in total. The van der Waals surface area contributed by atoms with Crippen LogP contribution in [-0.4, -0.2) is 18.8 Å². The predicted molar refractivity (Wildman–Crippen MR) is 77.1 cm³/mol. The molecule has 1 heterocycles. The standard InChI is InChI=1S/C12H21BrN2OS/c1-4-16-12(8(2)3)10(15-14)7-11-9(13)5-6-17-11/h5-6,8,10,12,15H,4,7,14H2,1-3H3. The zero-order valence-electron chi connectivity index (χ0n) is 10.6. The first-order chi connectivity index (χ1) is 8.10. The van der Waals surface area contributed by atoms with Gasteiger partial charge in [0.1, 0.15) is 0 Å². The largest absolute Gasteiger partial charge is 0.377 e. The summed E-state index contributed by atoms with van der Waals surface area (Å²) in [7, 11) is 0. The molecular weight excluding hydrogens is 300 g/mol. The Morgan fingerprint density at radius 3 is 2.65 bits per heavy atom. The van der Waals surface area contributed by atoms with Gasteiger partial charge < -0.3 is 4.74 Å². The summed E-state index contributed by atoms with van der Waals surface area (Å²) in [5, 5.41) is 2.08. The van der Waals surface area contributed by atoms with Crippen LogP contribution in [0.1, 0.15) is 25.6 Å². The molecule has 0 aromatic carbocycles. The van der Waals surface area contributed by atoms with E-state index < -0.39 is 0 Å². The molecule has 0 aliphatic rings. The summed E-state index contributed by atoms with van der Waals surface area (Å²) < 4.78 is 6.95. The Bertz CT molecular complexity index is 330. The molecule has 2 atom stereocenters. The lowest BCUT2D eigenvalue weighted by Crippen LogP contribution is -2.48. The van der Waals surface area contributed by atoms with Crippen LogP contribution in [0.15, 0.2) is 15.9 Å². The van der Waals surface area contributed by atoms with E-state index in [4.69, 9.17) is 10.6 Å². The lowest BCUT2D eigenvalue weighted by molar-refractivity contribution is 0.00370. The van der Waals surface area contributed by atoms with Crippen molar-refractivity contribution in [1.82, 2.24) is 5.43 Å². The van der Waals surface area contributed by atoms with Crippen LogP contribution in [0, 0.1) is 5.92 Å². The third-order valence-electron chi connectivity index (χ3n) is 2.72. The van der Waals surface area contributed by atoms with Gasteiger partial charge >= 0.3 is 0 Å². The van der Waals surface area contributed by atoms with Crippen LogP contribution < -0.4 is 11.3 Å². The Balaban J connectivity index is 2.72. The van der Waals surface area contributed by atoms with Crippen LogP contribution in [-0.2, 0) is 11.2 Å². The number of rotatable bonds is 7. The Labute approximate surface area is 116 Å². The third-order valence-corrected chi connectivity index (χ3v) is 4.67. The Hall–Kier alpha value is 0.0600. The van der Waals surface area contributed by atoms with Gasteiger partial charge in [-0.05, 0) is 40.2 Å². The van der Waals surface area contributed by atoms with Crippen molar-refractivity contribution >= 4 is 27.3 Å². The SMILES string of the molecule is CCOC(C(C)C)C(Cc1sccc1Br)NN. The summed E-state index contributed by atoms with van der Waals surface area (Å²) in [5.41, 5.74) is 2.89. The summed E-state index contributed by atoms with van der Waals surface area (Å²) in [6, 6.07) is 2.21. The molecule has 0 radical (unpaired) electrons. The molecule has 1 aromatic rings. The maximum atomic E-state index is 5.79. The predicted octanol–water partition coefficient (Wildman–Crippen LogP) is 2.95. The van der Waals surface area contributed by atoms with Crippen LogP contribution in [0.2, 0.25) is 0 Å². The average molecular weight is 321 g/mol. The zero-order chi connectivity index (χ0) is 12.8. The minimum absolute atomic E-state index is 0.138. The highest BCUT2D eigenvalue weighted by Gasteiger charge is 2.25. The highest BCUT2D eigenvalue weighted by molar-refractivity contribution is 9.10. The average Bonchev–Trinajstić information content (AvgIpc) is 2.69. The van der Waals surface area contributed by atoms with Crippen LogP contribution >= 0.6 is 27.3 Å². The highest BCUT2D eigenvalue weighted by atomic mass is 79.9. The van der Waals surface area contributed by atoms with Crippen LogP contribution in [0.3, 0.4) is 0 Å². The van der Waals surface area contributed by atoms with Gasteiger partial charge in [-0.2, -0.15) is 0 Å². The van der Waals surface area contributed by atoms with Crippen molar-refractivity contribution in [3.63, 3.8) is 0 Å². The maximum absolute atomic E-state index is 5.79. The second-order valence-corrected chi connectivity index (χ2v) is 6.19. The first-order valence-electron chi connectivity index (χ1n) is 5.89. The van der Waals surface area contributed by atoms with Crippen molar-refractivity contribution in [3.8, 4) is 0 Å². The Kier molecular flexibility index (Phi) is 6.66. The molecule has 0 aliphatic carbocycles. The molecule has 0 saturated carbocycles. The normalized spacial score (nSPS) is 15.2. The fourth-order valence-electron chi connectivity index (χ4n) is 1.91. The molecule has 0 spiro atoms. The quantitative estimate of drug-likeness (QED) is 0.600. The lowest BCUT2D eigenvalue weighted by Gasteiger charge is -2.29. The second kappa shape index (κ2) is 7.48. The van der Waals surface area contributed by atoms with E-state index in [0.29, 0.717) is 12.5 Å². The van der Waals surface area contributed by atoms with E-state index in [1.54, 1.807) is 11.3 Å². The van der Waals surface area contributed by atoms with Crippen LogP contribution in [0.4, 0.5) is 0 Å². The maximum Gasteiger partial charge on any atom is 0.0767 e. The van der Waals surface area contributed by atoms with Crippen molar-refractivity contribution in [2.24, 2.45) is 11.8 Å². The summed E-state index contributed by atoms with van der Waals surface area (Å²) in [4.78, 5) is 1.30. The highest BCUT2D eigenvalue weighted by Crippen LogP contribution is 2.26. The first-order valence-corrected chi connectivity index (χ1v) is 7.57. The van der Waals surface area contributed by atoms with Crippen molar-refractivity contribution in [2.45, 2.75) is 39.3 Å². The van der Waals surface area contributed by atoms with Gasteiger partial charge in [0, 0.05) is 22.4 Å². The van der Waals surface area contributed by atoms with E-state index in [0.717, 1.165) is 10.9 Å². The van der Waals surface area contributed by atoms with Gasteiger partial charge in [0.15, 0.2) is 0 Å². The zero-order valence-corrected chi connectivity index (χ0v) is 13.0. The molecule has 98 valence electrons. The Morgan fingerprint density at radius 2 is 2.24 bits per heavy atom. The molecule has 0 bridgehead atoms. The second-order valence-electron chi connectivity index (χ2n) is 4.33. The molecule has 1 rings (SSSR count). The molecule has 1 aromatic heterocycles.